The van der Waals surface area contributed by atoms with Crippen LogP contribution in [0.2, 0.25) is 0 Å². The van der Waals surface area contributed by atoms with E-state index in [9.17, 15) is 8.78 Å². The molecule has 0 spiro atoms. The van der Waals surface area contributed by atoms with Crippen molar-refractivity contribution in [2.75, 3.05) is 5.73 Å². The Labute approximate surface area is 168 Å². The van der Waals surface area contributed by atoms with Crippen LogP contribution >= 0.6 is 11.3 Å². The average molecular weight is 407 g/mol. The summed E-state index contributed by atoms with van der Waals surface area (Å²) in [6.07, 6.45) is 3.56. The number of hydrogen-bond donors (Lipinski definition) is 2. The molecule has 0 unspecified atom stereocenters. The lowest BCUT2D eigenvalue weighted by atomic mass is 10.1. The van der Waals surface area contributed by atoms with E-state index in [0.29, 0.717) is 10.3 Å². The molecule has 0 bridgehead atoms. The van der Waals surface area contributed by atoms with Crippen LogP contribution in [0.4, 0.5) is 14.6 Å². The van der Waals surface area contributed by atoms with Crippen molar-refractivity contribution in [3.63, 3.8) is 0 Å². The summed E-state index contributed by atoms with van der Waals surface area (Å²) in [6.45, 7) is 0. The molecule has 0 fully saturated rings. The highest BCUT2D eigenvalue weighted by atomic mass is 32.1. The molecule has 0 saturated heterocycles. The van der Waals surface area contributed by atoms with Crippen LogP contribution in [0.25, 0.3) is 32.6 Å². The molecule has 0 aliphatic rings. The van der Waals surface area contributed by atoms with E-state index in [1.54, 1.807) is 0 Å². The number of thiazole rings is 1. The van der Waals surface area contributed by atoms with Gasteiger partial charge in [-0.1, -0.05) is 29.5 Å². The minimum Gasteiger partial charge on any atom is -0.382 e. The molecule has 0 aliphatic carbocycles. The summed E-state index contributed by atoms with van der Waals surface area (Å²) in [4.78, 5) is 17.1. The molecule has 144 valence electrons. The Morgan fingerprint density at radius 2 is 1.76 bits per heavy atom. The normalized spacial score (nSPS) is 11.5. The molecule has 0 amide bonds. The number of aromatic amines is 1. The first-order valence-corrected chi connectivity index (χ1v) is 9.83. The quantitative estimate of drug-likeness (QED) is 0.445. The predicted molar refractivity (Wildman–Crippen MR) is 111 cm³/mol. The monoisotopic (exact) mass is 407 g/mol. The Kier molecular flexibility index (Phi) is 4.21. The number of nitrogens with one attached hydrogen (secondary N) is 1. The Morgan fingerprint density at radius 3 is 2.59 bits per heavy atom. The van der Waals surface area contributed by atoms with Gasteiger partial charge in [-0.3, -0.25) is 0 Å². The number of rotatable bonds is 4. The highest BCUT2D eigenvalue weighted by Crippen LogP contribution is 2.29. The SMILES string of the molecule is Nc1nc(-c2cc(F)cc(F)c2)nc2sc(CCc3c[nH]c4ccccc34)nc12. The Balaban J connectivity index is 1.46. The molecule has 29 heavy (non-hydrogen) atoms. The van der Waals surface area contributed by atoms with E-state index in [2.05, 4.69) is 26.0 Å². The van der Waals surface area contributed by atoms with Crippen LogP contribution in [0.1, 0.15) is 10.6 Å². The number of para-hydroxylation sites is 1. The summed E-state index contributed by atoms with van der Waals surface area (Å²) < 4.78 is 27.1. The van der Waals surface area contributed by atoms with Gasteiger partial charge in [-0.2, -0.15) is 0 Å². The second-order valence-corrected chi connectivity index (χ2v) is 7.77. The van der Waals surface area contributed by atoms with Crippen LogP contribution in [0.15, 0.2) is 48.7 Å². The van der Waals surface area contributed by atoms with Crippen molar-refractivity contribution >= 4 is 38.4 Å². The number of nitrogen functional groups attached to an aromatic ring is 1. The van der Waals surface area contributed by atoms with Gasteiger partial charge in [-0.25, -0.2) is 23.7 Å². The third kappa shape index (κ3) is 3.31. The lowest BCUT2D eigenvalue weighted by Gasteiger charge is -2.02. The fourth-order valence-corrected chi connectivity index (χ4v) is 4.33. The van der Waals surface area contributed by atoms with Crippen molar-refractivity contribution < 1.29 is 8.78 Å². The number of H-pyrrole nitrogens is 1. The molecule has 0 saturated carbocycles. The summed E-state index contributed by atoms with van der Waals surface area (Å²) in [6, 6.07) is 11.3. The maximum absolute atomic E-state index is 13.5. The first kappa shape index (κ1) is 17.7. The first-order chi connectivity index (χ1) is 14.1. The molecular weight excluding hydrogens is 392 g/mol. The van der Waals surface area contributed by atoms with Gasteiger partial charge in [0.25, 0.3) is 0 Å². The smallest absolute Gasteiger partial charge is 0.163 e. The molecule has 2 aromatic carbocycles. The largest absolute Gasteiger partial charge is 0.382 e. The van der Waals surface area contributed by atoms with Crippen LogP contribution in [-0.2, 0) is 12.8 Å². The number of aryl methyl sites for hydroxylation is 2. The number of hydrogen-bond acceptors (Lipinski definition) is 5. The molecule has 3 N–H and O–H groups in total. The van der Waals surface area contributed by atoms with Gasteiger partial charge < -0.3 is 10.7 Å². The zero-order valence-electron chi connectivity index (χ0n) is 15.1. The second kappa shape index (κ2) is 6.89. The zero-order valence-corrected chi connectivity index (χ0v) is 15.9. The Hall–Kier alpha value is -3.39. The molecule has 5 rings (SSSR count). The highest BCUT2D eigenvalue weighted by Gasteiger charge is 2.14. The molecule has 3 heterocycles. The topological polar surface area (TPSA) is 80.5 Å². The van der Waals surface area contributed by atoms with Gasteiger partial charge >= 0.3 is 0 Å². The van der Waals surface area contributed by atoms with Gasteiger partial charge in [0.15, 0.2) is 11.6 Å². The third-order valence-electron chi connectivity index (χ3n) is 4.73. The average Bonchev–Trinajstić information content (AvgIpc) is 3.29. The van der Waals surface area contributed by atoms with Crippen molar-refractivity contribution in [2.45, 2.75) is 12.8 Å². The van der Waals surface area contributed by atoms with E-state index in [1.807, 2.05) is 24.4 Å². The van der Waals surface area contributed by atoms with Crippen molar-refractivity contribution in [1.29, 1.82) is 0 Å². The summed E-state index contributed by atoms with van der Waals surface area (Å²) in [5.74, 6) is -0.999. The first-order valence-electron chi connectivity index (χ1n) is 9.01. The minimum absolute atomic E-state index is 0.181. The van der Waals surface area contributed by atoms with Crippen molar-refractivity contribution in [2.24, 2.45) is 0 Å². The molecular formula is C21H15F2N5S. The fourth-order valence-electron chi connectivity index (χ4n) is 3.39. The second-order valence-electron chi connectivity index (χ2n) is 6.71. The summed E-state index contributed by atoms with van der Waals surface area (Å²) in [5.41, 5.74) is 9.13. The summed E-state index contributed by atoms with van der Waals surface area (Å²) in [7, 11) is 0. The van der Waals surface area contributed by atoms with E-state index in [1.165, 1.54) is 34.4 Å². The standard InChI is InChI=1S/C21H15F2N5S/c22-13-7-12(8-14(23)9-13)20-27-19(24)18-21(28-20)29-17(26-18)6-5-11-10-25-16-4-2-1-3-15(11)16/h1-4,7-10,25H,5-6H2,(H2,24,27,28). The van der Waals surface area contributed by atoms with E-state index in [0.717, 1.165) is 29.4 Å². The number of anilines is 1. The zero-order chi connectivity index (χ0) is 20.0. The molecule has 8 heteroatoms. The Morgan fingerprint density at radius 1 is 0.966 bits per heavy atom. The van der Waals surface area contributed by atoms with Crippen LogP contribution in [0.3, 0.4) is 0 Å². The molecule has 0 radical (unpaired) electrons. The number of benzene rings is 2. The number of halogens is 2. The molecule has 0 atom stereocenters. The summed E-state index contributed by atoms with van der Waals surface area (Å²) >= 11 is 1.42. The maximum atomic E-state index is 13.5. The number of aromatic nitrogens is 4. The molecule has 0 aliphatic heterocycles. The molecule has 5 nitrogen and oxygen atoms in total. The predicted octanol–water partition coefficient (Wildman–Crippen LogP) is 4.88. The minimum atomic E-state index is -0.689. The number of nitrogens with zero attached hydrogens (tertiary/aromatic N) is 3. The van der Waals surface area contributed by atoms with Crippen LogP contribution in [-0.4, -0.2) is 19.9 Å². The van der Waals surface area contributed by atoms with E-state index in [4.69, 9.17) is 5.73 Å². The van der Waals surface area contributed by atoms with Crippen LogP contribution < -0.4 is 5.73 Å². The molecule has 5 aromatic rings. The van der Waals surface area contributed by atoms with Gasteiger partial charge in [0.05, 0.1) is 5.01 Å². The van der Waals surface area contributed by atoms with Gasteiger partial charge in [0.2, 0.25) is 0 Å². The Bertz CT molecular complexity index is 1340. The maximum Gasteiger partial charge on any atom is 0.163 e. The van der Waals surface area contributed by atoms with Gasteiger partial charge in [-0.15, -0.1) is 0 Å². The van der Waals surface area contributed by atoms with E-state index < -0.39 is 11.6 Å². The van der Waals surface area contributed by atoms with E-state index in [-0.39, 0.29) is 17.2 Å². The fraction of sp³-hybridized carbons (Fsp3) is 0.0952. The summed E-state index contributed by atoms with van der Waals surface area (Å²) in [5, 5.41) is 2.08. The van der Waals surface area contributed by atoms with Crippen molar-refractivity contribution in [3.8, 4) is 11.4 Å². The lowest BCUT2D eigenvalue weighted by molar-refractivity contribution is 0.584. The van der Waals surface area contributed by atoms with Gasteiger partial charge in [0.1, 0.15) is 22.0 Å². The lowest BCUT2D eigenvalue weighted by Crippen LogP contribution is -1.98. The van der Waals surface area contributed by atoms with Crippen LogP contribution in [0, 0.1) is 11.6 Å². The number of nitrogens with two attached hydrogens (primary N) is 1. The number of fused-ring (bicyclic) bond motifs is 2. The van der Waals surface area contributed by atoms with E-state index >= 15 is 0 Å². The van der Waals surface area contributed by atoms with Gasteiger partial charge in [-0.05, 0) is 30.2 Å². The highest BCUT2D eigenvalue weighted by molar-refractivity contribution is 7.18. The van der Waals surface area contributed by atoms with Crippen LogP contribution in [0.5, 0.6) is 0 Å². The van der Waals surface area contributed by atoms with Crippen molar-refractivity contribution in [1.82, 2.24) is 19.9 Å². The van der Waals surface area contributed by atoms with Gasteiger partial charge in [0, 0.05) is 35.2 Å². The molecule has 3 aromatic heterocycles. The third-order valence-corrected chi connectivity index (χ3v) is 5.74. The van der Waals surface area contributed by atoms with Crippen molar-refractivity contribution in [3.05, 3.63) is 70.9 Å².